The Labute approximate surface area is 129 Å². The van der Waals surface area contributed by atoms with Crippen LogP contribution in [0.2, 0.25) is 0 Å². The number of nitrogens with one attached hydrogen (secondary N) is 1. The number of carboxylic acid groups (broad SMARTS) is 1. The average Bonchev–Trinajstić information content (AvgIpc) is 2.86. The first kappa shape index (κ1) is 16.1. The summed E-state index contributed by atoms with van der Waals surface area (Å²) in [4.78, 5) is 22.2. The van der Waals surface area contributed by atoms with Crippen molar-refractivity contribution < 1.29 is 14.7 Å². The minimum Gasteiger partial charge on any atom is -0.481 e. The minimum absolute atomic E-state index is 0.0715. The van der Waals surface area contributed by atoms with E-state index in [0.717, 1.165) is 24.0 Å². The highest BCUT2D eigenvalue weighted by molar-refractivity contribution is 5.93. The van der Waals surface area contributed by atoms with Gasteiger partial charge in [-0.25, -0.2) is 0 Å². The van der Waals surface area contributed by atoms with Gasteiger partial charge in [-0.05, 0) is 43.5 Å². The molecule has 0 atom stereocenters. The van der Waals surface area contributed by atoms with Gasteiger partial charge in [-0.3, -0.25) is 9.59 Å². The summed E-state index contributed by atoms with van der Waals surface area (Å²) in [7, 11) is 0. The molecule has 0 fully saturated rings. The third-order valence-corrected chi connectivity index (χ3v) is 3.56. The monoisotopic (exact) mass is 302 g/mol. The average molecular weight is 302 g/mol. The molecule has 1 heterocycles. The van der Waals surface area contributed by atoms with Crippen molar-refractivity contribution in [2.45, 2.75) is 45.6 Å². The molecule has 0 saturated carbocycles. The second kappa shape index (κ2) is 7.64. The lowest BCUT2D eigenvalue weighted by Gasteiger charge is -2.07. The standard InChI is InChI=1S/C17H22N2O3/c1-2-10-19-11-9-13-12-14(7-8-15(13)19)18-16(20)5-3-4-6-17(21)22/h7-9,11-12H,2-6,10H2,1H3,(H,18,20)(H,21,22). The number of carboxylic acids is 1. The van der Waals surface area contributed by atoms with E-state index in [4.69, 9.17) is 5.11 Å². The first-order valence-corrected chi connectivity index (χ1v) is 7.70. The minimum atomic E-state index is -0.817. The molecule has 1 aromatic heterocycles. The van der Waals surface area contributed by atoms with Crippen LogP contribution >= 0.6 is 0 Å². The number of rotatable bonds is 8. The molecule has 22 heavy (non-hydrogen) atoms. The van der Waals surface area contributed by atoms with Crippen LogP contribution in [0.3, 0.4) is 0 Å². The number of aryl methyl sites for hydroxylation is 1. The number of hydrogen-bond donors (Lipinski definition) is 2. The molecule has 0 saturated heterocycles. The van der Waals surface area contributed by atoms with Gasteiger partial charge in [0, 0.05) is 42.2 Å². The Morgan fingerprint density at radius 1 is 1.18 bits per heavy atom. The number of carbonyl (C=O) groups is 2. The van der Waals surface area contributed by atoms with Crippen molar-refractivity contribution in [2.24, 2.45) is 0 Å². The van der Waals surface area contributed by atoms with Gasteiger partial charge in [0.1, 0.15) is 0 Å². The van der Waals surface area contributed by atoms with Gasteiger partial charge >= 0.3 is 5.97 Å². The van der Waals surface area contributed by atoms with Gasteiger partial charge in [-0.1, -0.05) is 6.92 Å². The molecule has 1 aromatic carbocycles. The van der Waals surface area contributed by atoms with E-state index in [-0.39, 0.29) is 12.3 Å². The summed E-state index contributed by atoms with van der Waals surface area (Å²) in [5.74, 6) is -0.889. The normalized spacial score (nSPS) is 10.8. The van der Waals surface area contributed by atoms with Gasteiger partial charge in [0.2, 0.25) is 5.91 Å². The fourth-order valence-corrected chi connectivity index (χ4v) is 2.50. The van der Waals surface area contributed by atoms with Crippen LogP contribution < -0.4 is 5.32 Å². The summed E-state index contributed by atoms with van der Waals surface area (Å²) in [6.45, 7) is 3.13. The molecule has 0 aliphatic carbocycles. The molecule has 0 aliphatic heterocycles. The number of hydrogen-bond acceptors (Lipinski definition) is 2. The maximum absolute atomic E-state index is 11.8. The van der Waals surface area contributed by atoms with Crippen molar-refractivity contribution >= 4 is 28.5 Å². The molecule has 2 N–H and O–H groups in total. The highest BCUT2D eigenvalue weighted by atomic mass is 16.4. The van der Waals surface area contributed by atoms with Crippen molar-refractivity contribution in [2.75, 3.05) is 5.32 Å². The van der Waals surface area contributed by atoms with Crippen LogP contribution in [0.25, 0.3) is 10.9 Å². The van der Waals surface area contributed by atoms with Crippen LogP contribution in [0.15, 0.2) is 30.5 Å². The first-order valence-electron chi connectivity index (χ1n) is 7.70. The van der Waals surface area contributed by atoms with Crippen molar-refractivity contribution in [3.05, 3.63) is 30.5 Å². The van der Waals surface area contributed by atoms with Gasteiger partial charge in [-0.15, -0.1) is 0 Å². The number of carbonyl (C=O) groups excluding carboxylic acids is 1. The van der Waals surface area contributed by atoms with Crippen LogP contribution in [-0.2, 0) is 16.1 Å². The van der Waals surface area contributed by atoms with Crippen LogP contribution in [0.4, 0.5) is 5.69 Å². The number of nitrogens with zero attached hydrogens (tertiary/aromatic N) is 1. The lowest BCUT2D eigenvalue weighted by molar-refractivity contribution is -0.137. The van der Waals surface area contributed by atoms with Crippen LogP contribution in [0, 0.1) is 0 Å². The van der Waals surface area contributed by atoms with E-state index in [1.54, 1.807) is 0 Å². The smallest absolute Gasteiger partial charge is 0.303 e. The van der Waals surface area contributed by atoms with Crippen molar-refractivity contribution in [1.29, 1.82) is 0 Å². The number of benzene rings is 1. The predicted octanol–water partition coefficient (Wildman–Crippen LogP) is 3.63. The summed E-state index contributed by atoms with van der Waals surface area (Å²) in [6, 6.07) is 7.94. The molecule has 5 heteroatoms. The topological polar surface area (TPSA) is 71.3 Å². The van der Waals surface area contributed by atoms with Gasteiger partial charge in [-0.2, -0.15) is 0 Å². The number of fused-ring (bicyclic) bond motifs is 1. The highest BCUT2D eigenvalue weighted by Gasteiger charge is 2.06. The summed E-state index contributed by atoms with van der Waals surface area (Å²) >= 11 is 0. The largest absolute Gasteiger partial charge is 0.481 e. The number of unbranched alkanes of at least 4 members (excludes halogenated alkanes) is 1. The van der Waals surface area contributed by atoms with Crippen molar-refractivity contribution in [3.63, 3.8) is 0 Å². The van der Waals surface area contributed by atoms with E-state index in [1.807, 2.05) is 24.3 Å². The molecular weight excluding hydrogens is 280 g/mol. The second-order valence-electron chi connectivity index (χ2n) is 5.43. The molecule has 0 unspecified atom stereocenters. The SMILES string of the molecule is CCCn1ccc2cc(NC(=O)CCCCC(=O)O)ccc21. The maximum Gasteiger partial charge on any atom is 0.303 e. The van der Waals surface area contributed by atoms with Crippen molar-refractivity contribution in [1.82, 2.24) is 4.57 Å². The van der Waals surface area contributed by atoms with E-state index in [9.17, 15) is 9.59 Å². The van der Waals surface area contributed by atoms with Gasteiger partial charge in [0.25, 0.3) is 0 Å². The van der Waals surface area contributed by atoms with Crippen molar-refractivity contribution in [3.8, 4) is 0 Å². The molecule has 5 nitrogen and oxygen atoms in total. The molecule has 2 rings (SSSR count). The zero-order valence-electron chi connectivity index (χ0n) is 12.8. The Bertz CT molecular complexity index is 661. The van der Waals surface area contributed by atoms with Crippen LogP contribution in [-0.4, -0.2) is 21.6 Å². The molecule has 2 aromatic rings. The fourth-order valence-electron chi connectivity index (χ4n) is 2.50. The molecular formula is C17H22N2O3. The van der Waals surface area contributed by atoms with E-state index in [0.29, 0.717) is 19.3 Å². The number of amides is 1. The Balaban J connectivity index is 1.91. The third kappa shape index (κ3) is 4.35. The van der Waals surface area contributed by atoms with Gasteiger partial charge in [0.15, 0.2) is 0 Å². The lowest BCUT2D eigenvalue weighted by Crippen LogP contribution is -2.11. The zero-order chi connectivity index (χ0) is 15.9. The summed E-state index contributed by atoms with van der Waals surface area (Å²) in [5.41, 5.74) is 1.95. The molecule has 118 valence electrons. The maximum atomic E-state index is 11.8. The Morgan fingerprint density at radius 2 is 1.95 bits per heavy atom. The fraction of sp³-hybridized carbons (Fsp3) is 0.412. The second-order valence-corrected chi connectivity index (χ2v) is 5.43. The van der Waals surface area contributed by atoms with Gasteiger partial charge < -0.3 is 15.0 Å². The lowest BCUT2D eigenvalue weighted by atomic mass is 10.2. The van der Waals surface area contributed by atoms with Crippen LogP contribution in [0.5, 0.6) is 0 Å². The van der Waals surface area contributed by atoms with E-state index in [2.05, 4.69) is 23.0 Å². The number of anilines is 1. The number of aliphatic carboxylic acids is 1. The molecule has 0 spiro atoms. The van der Waals surface area contributed by atoms with E-state index >= 15 is 0 Å². The molecule has 0 aliphatic rings. The van der Waals surface area contributed by atoms with Gasteiger partial charge in [0.05, 0.1) is 0 Å². The summed E-state index contributed by atoms with van der Waals surface area (Å²) in [5, 5.41) is 12.5. The molecule has 0 bridgehead atoms. The number of aromatic nitrogens is 1. The van der Waals surface area contributed by atoms with E-state index < -0.39 is 5.97 Å². The zero-order valence-corrected chi connectivity index (χ0v) is 12.8. The van der Waals surface area contributed by atoms with Crippen LogP contribution in [0.1, 0.15) is 39.0 Å². The summed E-state index contributed by atoms with van der Waals surface area (Å²) in [6.07, 6.45) is 4.73. The highest BCUT2D eigenvalue weighted by Crippen LogP contribution is 2.21. The third-order valence-electron chi connectivity index (χ3n) is 3.56. The first-order chi connectivity index (χ1) is 10.6. The molecule has 0 radical (unpaired) electrons. The quantitative estimate of drug-likeness (QED) is 0.731. The molecule has 1 amide bonds. The predicted molar refractivity (Wildman–Crippen MR) is 87.0 cm³/mol. The Kier molecular flexibility index (Phi) is 5.58. The Hall–Kier alpha value is -2.30. The van der Waals surface area contributed by atoms with E-state index in [1.165, 1.54) is 5.52 Å². The Morgan fingerprint density at radius 3 is 2.68 bits per heavy atom. The summed E-state index contributed by atoms with van der Waals surface area (Å²) < 4.78 is 2.20.